The molecule has 0 saturated carbocycles. The molecule has 0 aliphatic carbocycles. The molecule has 0 aromatic carbocycles. The van der Waals surface area contributed by atoms with E-state index in [2.05, 4.69) is 11.1 Å². The predicted octanol–water partition coefficient (Wildman–Crippen LogP) is -2.76. The SMILES string of the molecule is Nc1[c]cn([C@@H]2O[C@H](CO)[C@@H](O)[C@H]2O)c(=O)n1. The number of anilines is 1. The molecule has 1 aliphatic heterocycles. The van der Waals surface area contributed by atoms with Gasteiger partial charge in [-0.3, -0.25) is 4.57 Å². The van der Waals surface area contributed by atoms with Crippen molar-refractivity contribution in [2.24, 2.45) is 0 Å². The van der Waals surface area contributed by atoms with Crippen molar-refractivity contribution >= 4 is 5.82 Å². The number of nitrogen functional groups attached to an aromatic ring is 1. The van der Waals surface area contributed by atoms with E-state index in [-0.39, 0.29) is 5.82 Å². The number of nitrogens with zero attached hydrogens (tertiary/aromatic N) is 2. The van der Waals surface area contributed by atoms with Crippen LogP contribution in [-0.2, 0) is 4.74 Å². The standard InChI is InChI=1S/C9H12N3O5/c10-5-1-2-12(9(16)11-5)8-7(15)6(14)4(3-13)17-8/h2,4,6-8,13-15H,3H2,(H2,10,11,16)/t4-,6-,7-,8-/m1/s1. The Labute approximate surface area is 95.9 Å². The Hall–Kier alpha value is -1.48. The lowest BCUT2D eigenvalue weighted by Gasteiger charge is -2.16. The molecule has 1 fully saturated rings. The summed E-state index contributed by atoms with van der Waals surface area (Å²) in [5.41, 5.74) is 4.54. The lowest BCUT2D eigenvalue weighted by atomic mass is 10.1. The first-order valence-corrected chi connectivity index (χ1v) is 4.93. The number of nitrogens with two attached hydrogens (primary N) is 1. The van der Waals surface area contributed by atoms with Crippen molar-refractivity contribution < 1.29 is 20.1 Å². The number of hydrogen-bond acceptors (Lipinski definition) is 7. The number of rotatable bonds is 2. The topological polar surface area (TPSA) is 131 Å². The molecule has 0 unspecified atom stereocenters. The third-order valence-electron chi connectivity index (χ3n) is 2.58. The van der Waals surface area contributed by atoms with E-state index in [1.165, 1.54) is 6.20 Å². The fraction of sp³-hybridized carbons (Fsp3) is 0.556. The van der Waals surface area contributed by atoms with Gasteiger partial charge >= 0.3 is 5.69 Å². The van der Waals surface area contributed by atoms with Gasteiger partial charge < -0.3 is 25.8 Å². The molecule has 1 radical (unpaired) electrons. The summed E-state index contributed by atoms with van der Waals surface area (Å²) < 4.78 is 6.11. The normalized spacial score (nSPS) is 32.9. The highest BCUT2D eigenvalue weighted by Gasteiger charge is 2.43. The average Bonchev–Trinajstić information content (AvgIpc) is 2.57. The van der Waals surface area contributed by atoms with Gasteiger partial charge in [-0.2, -0.15) is 4.98 Å². The number of aliphatic hydroxyl groups is 3. The monoisotopic (exact) mass is 242 g/mol. The lowest BCUT2D eigenvalue weighted by Crippen LogP contribution is -2.36. The Bertz CT molecular complexity index is 462. The van der Waals surface area contributed by atoms with Crippen LogP contribution in [0.15, 0.2) is 11.0 Å². The van der Waals surface area contributed by atoms with Crippen molar-refractivity contribution in [2.45, 2.75) is 24.5 Å². The quantitative estimate of drug-likeness (QED) is 0.441. The Morgan fingerprint density at radius 1 is 1.53 bits per heavy atom. The van der Waals surface area contributed by atoms with Crippen LogP contribution in [0.4, 0.5) is 5.82 Å². The number of aromatic nitrogens is 2. The zero-order valence-electron chi connectivity index (χ0n) is 8.72. The van der Waals surface area contributed by atoms with Crippen LogP contribution in [0.25, 0.3) is 0 Å². The zero-order valence-corrected chi connectivity index (χ0v) is 8.72. The van der Waals surface area contributed by atoms with Gasteiger partial charge in [-0.25, -0.2) is 4.79 Å². The molecule has 8 heteroatoms. The van der Waals surface area contributed by atoms with Gasteiger partial charge in [0.15, 0.2) is 6.23 Å². The molecule has 5 N–H and O–H groups in total. The van der Waals surface area contributed by atoms with E-state index >= 15 is 0 Å². The molecule has 8 nitrogen and oxygen atoms in total. The average molecular weight is 242 g/mol. The smallest absolute Gasteiger partial charge is 0.351 e. The highest BCUT2D eigenvalue weighted by atomic mass is 16.6. The molecule has 0 spiro atoms. The molecule has 4 atom stereocenters. The van der Waals surface area contributed by atoms with Crippen molar-refractivity contribution in [1.82, 2.24) is 9.55 Å². The summed E-state index contributed by atoms with van der Waals surface area (Å²) in [4.78, 5) is 14.9. The largest absolute Gasteiger partial charge is 0.394 e. The molecule has 2 rings (SSSR count). The molecule has 17 heavy (non-hydrogen) atoms. The molecular formula is C9H12N3O5. The maximum Gasteiger partial charge on any atom is 0.351 e. The minimum Gasteiger partial charge on any atom is -0.394 e. The van der Waals surface area contributed by atoms with Crippen LogP contribution >= 0.6 is 0 Å². The van der Waals surface area contributed by atoms with E-state index in [0.29, 0.717) is 0 Å². The maximum atomic E-state index is 11.5. The second kappa shape index (κ2) is 4.41. The van der Waals surface area contributed by atoms with Crippen molar-refractivity contribution in [3.63, 3.8) is 0 Å². The molecule has 0 amide bonds. The highest BCUT2D eigenvalue weighted by Crippen LogP contribution is 2.27. The van der Waals surface area contributed by atoms with Gasteiger partial charge in [-0.05, 0) is 0 Å². The van der Waals surface area contributed by atoms with Crippen LogP contribution in [0.3, 0.4) is 0 Å². The van der Waals surface area contributed by atoms with Crippen LogP contribution in [-0.4, -0.2) is 49.8 Å². The fourth-order valence-electron chi connectivity index (χ4n) is 1.68. The summed E-state index contributed by atoms with van der Waals surface area (Å²) in [7, 11) is 0. The van der Waals surface area contributed by atoms with Gasteiger partial charge in [0.05, 0.1) is 6.61 Å². The van der Waals surface area contributed by atoms with Gasteiger partial charge in [-0.1, -0.05) is 0 Å². The van der Waals surface area contributed by atoms with E-state index < -0.39 is 36.8 Å². The van der Waals surface area contributed by atoms with Crippen molar-refractivity contribution in [3.8, 4) is 0 Å². The lowest BCUT2D eigenvalue weighted by molar-refractivity contribution is -0.0549. The van der Waals surface area contributed by atoms with Crippen molar-refractivity contribution in [1.29, 1.82) is 0 Å². The van der Waals surface area contributed by atoms with E-state index in [9.17, 15) is 15.0 Å². The number of aliphatic hydroxyl groups excluding tert-OH is 3. The van der Waals surface area contributed by atoms with Crippen molar-refractivity contribution in [3.05, 3.63) is 22.7 Å². The number of ether oxygens (including phenoxy) is 1. The van der Waals surface area contributed by atoms with E-state index in [4.69, 9.17) is 15.6 Å². The zero-order chi connectivity index (χ0) is 12.6. The molecule has 0 bridgehead atoms. The maximum absolute atomic E-state index is 11.5. The summed E-state index contributed by atoms with van der Waals surface area (Å²) >= 11 is 0. The minimum atomic E-state index is -1.33. The summed E-state index contributed by atoms with van der Waals surface area (Å²) in [6.45, 7) is -0.463. The Morgan fingerprint density at radius 3 is 2.76 bits per heavy atom. The van der Waals surface area contributed by atoms with Crippen LogP contribution in [0.2, 0.25) is 0 Å². The molecule has 1 aromatic rings. The van der Waals surface area contributed by atoms with Gasteiger partial charge in [0, 0.05) is 12.3 Å². The predicted molar refractivity (Wildman–Crippen MR) is 54.8 cm³/mol. The Morgan fingerprint density at radius 2 is 2.24 bits per heavy atom. The second-order valence-electron chi connectivity index (χ2n) is 3.69. The first-order valence-electron chi connectivity index (χ1n) is 4.93. The fourth-order valence-corrected chi connectivity index (χ4v) is 1.68. The van der Waals surface area contributed by atoms with E-state index in [1.54, 1.807) is 0 Å². The van der Waals surface area contributed by atoms with Crippen molar-refractivity contribution in [2.75, 3.05) is 12.3 Å². The van der Waals surface area contributed by atoms with Gasteiger partial charge in [0.25, 0.3) is 0 Å². The first-order chi connectivity index (χ1) is 8.04. The minimum absolute atomic E-state index is 0.0713. The molecular weight excluding hydrogens is 230 g/mol. The first kappa shape index (κ1) is 12.0. The van der Waals surface area contributed by atoms with Gasteiger partial charge in [0.1, 0.15) is 24.1 Å². The molecule has 93 valence electrons. The van der Waals surface area contributed by atoms with E-state index in [0.717, 1.165) is 4.57 Å². The Balaban J connectivity index is 2.32. The summed E-state index contributed by atoms with van der Waals surface area (Å²) in [5, 5.41) is 28.1. The van der Waals surface area contributed by atoms with Gasteiger partial charge in [0.2, 0.25) is 0 Å². The van der Waals surface area contributed by atoms with Crippen LogP contribution in [0.1, 0.15) is 6.23 Å². The van der Waals surface area contributed by atoms with Crippen LogP contribution in [0.5, 0.6) is 0 Å². The molecule has 2 heterocycles. The molecule has 1 saturated heterocycles. The van der Waals surface area contributed by atoms with Gasteiger partial charge in [-0.15, -0.1) is 0 Å². The highest BCUT2D eigenvalue weighted by molar-refractivity contribution is 5.21. The van der Waals surface area contributed by atoms with Crippen LogP contribution in [0, 0.1) is 6.07 Å². The molecule has 1 aromatic heterocycles. The Kier molecular flexibility index (Phi) is 3.11. The number of hydrogen-bond donors (Lipinski definition) is 4. The van der Waals surface area contributed by atoms with E-state index in [1.807, 2.05) is 0 Å². The van der Waals surface area contributed by atoms with Crippen LogP contribution < -0.4 is 11.4 Å². The third kappa shape index (κ3) is 2.03. The third-order valence-corrected chi connectivity index (χ3v) is 2.58. The summed E-state index contributed by atoms with van der Waals surface area (Å²) in [5.74, 6) is -0.0713. The summed E-state index contributed by atoms with van der Waals surface area (Å²) in [6.07, 6.45) is -3.47. The second-order valence-corrected chi connectivity index (χ2v) is 3.69. The molecule has 1 aliphatic rings. The summed E-state index contributed by atoms with van der Waals surface area (Å²) in [6, 6.07) is 2.48.